The van der Waals surface area contributed by atoms with Crippen LogP contribution in [0.2, 0.25) is 0 Å². The average molecular weight is 280 g/mol. The maximum absolute atomic E-state index is 9.98. The Morgan fingerprint density at radius 2 is 2.40 bits per heavy atom. The number of hydrogen-bond acceptors (Lipinski definition) is 6. The molecular formula is C11H16N6O3. The first-order chi connectivity index (χ1) is 9.67. The summed E-state index contributed by atoms with van der Waals surface area (Å²) in [6.07, 6.45) is 1.36. The molecule has 1 aliphatic rings. The average Bonchev–Trinajstić information content (AvgIpc) is 3.06. The van der Waals surface area contributed by atoms with E-state index in [1.165, 1.54) is 19.6 Å². The van der Waals surface area contributed by atoms with Crippen LogP contribution in [-0.4, -0.2) is 58.0 Å². The van der Waals surface area contributed by atoms with Gasteiger partial charge >= 0.3 is 0 Å². The normalized spacial score (nSPS) is 30.0. The molecule has 0 unspecified atom stereocenters. The number of aliphatic hydroxyl groups is 2. The minimum Gasteiger partial charge on any atom is -0.388 e. The van der Waals surface area contributed by atoms with Gasteiger partial charge < -0.3 is 25.3 Å². The van der Waals surface area contributed by atoms with Crippen LogP contribution in [0.25, 0.3) is 0 Å². The number of aromatic nitrogens is 2. The van der Waals surface area contributed by atoms with Crippen molar-refractivity contribution in [2.75, 3.05) is 13.6 Å². The molecule has 20 heavy (non-hydrogen) atoms. The van der Waals surface area contributed by atoms with Crippen molar-refractivity contribution in [1.29, 1.82) is 5.26 Å². The number of nitrogens with one attached hydrogen (secondary N) is 3. The van der Waals surface area contributed by atoms with E-state index < -0.39 is 24.4 Å². The van der Waals surface area contributed by atoms with Gasteiger partial charge in [0.15, 0.2) is 6.19 Å². The molecule has 2 heterocycles. The Labute approximate surface area is 115 Å². The fourth-order valence-corrected chi connectivity index (χ4v) is 2.03. The van der Waals surface area contributed by atoms with Gasteiger partial charge in [-0.1, -0.05) is 0 Å². The lowest BCUT2D eigenvalue weighted by molar-refractivity contribution is 0.00756. The van der Waals surface area contributed by atoms with Gasteiger partial charge in [0.1, 0.15) is 24.4 Å². The van der Waals surface area contributed by atoms with Gasteiger partial charge in [-0.3, -0.25) is 10.3 Å². The molecule has 1 saturated heterocycles. The predicted octanol–water partition coefficient (Wildman–Crippen LogP) is -1.78. The number of nitriles is 1. The van der Waals surface area contributed by atoms with E-state index in [1.807, 2.05) is 0 Å². The molecule has 2 rings (SSSR count). The molecule has 4 atom stereocenters. The molecule has 1 fully saturated rings. The lowest BCUT2D eigenvalue weighted by Crippen LogP contribution is -2.43. The van der Waals surface area contributed by atoms with Crippen molar-refractivity contribution in [2.24, 2.45) is 4.99 Å². The number of guanidine groups is 1. The third-order valence-electron chi connectivity index (χ3n) is 3.06. The Morgan fingerprint density at radius 1 is 1.60 bits per heavy atom. The number of H-pyrrole nitrogens is 1. The molecule has 0 radical (unpaired) electrons. The first kappa shape index (κ1) is 14.3. The topological polar surface area (TPSA) is 139 Å². The molecule has 1 aromatic heterocycles. The Hall–Kier alpha value is -2.15. The second kappa shape index (κ2) is 6.33. The van der Waals surface area contributed by atoms with E-state index in [2.05, 4.69) is 25.6 Å². The predicted molar refractivity (Wildman–Crippen MR) is 68.3 cm³/mol. The highest BCUT2D eigenvalue weighted by molar-refractivity contribution is 5.80. The summed E-state index contributed by atoms with van der Waals surface area (Å²) in [4.78, 5) is 10.5. The van der Waals surface area contributed by atoms with Crippen molar-refractivity contribution >= 4 is 5.96 Å². The largest absolute Gasteiger partial charge is 0.388 e. The molecule has 0 aromatic carbocycles. The summed E-state index contributed by atoms with van der Waals surface area (Å²) in [5.74, 6) is 0.266. The van der Waals surface area contributed by atoms with Crippen molar-refractivity contribution in [1.82, 2.24) is 20.6 Å². The number of ether oxygens (including phenoxy) is 1. The number of imidazole rings is 1. The second-order valence-electron chi connectivity index (χ2n) is 4.27. The summed E-state index contributed by atoms with van der Waals surface area (Å²) in [7, 11) is 1.51. The van der Waals surface area contributed by atoms with Crippen molar-refractivity contribution in [3.05, 3.63) is 18.2 Å². The molecule has 0 bridgehead atoms. The molecule has 5 N–H and O–H groups in total. The Balaban J connectivity index is 1.95. The zero-order valence-corrected chi connectivity index (χ0v) is 10.8. The van der Waals surface area contributed by atoms with Gasteiger partial charge in [0.25, 0.3) is 0 Å². The monoisotopic (exact) mass is 280 g/mol. The number of aliphatic imine (C=N–C) groups is 1. The van der Waals surface area contributed by atoms with E-state index in [0.29, 0.717) is 5.69 Å². The van der Waals surface area contributed by atoms with E-state index in [1.54, 1.807) is 6.19 Å². The van der Waals surface area contributed by atoms with Crippen LogP contribution in [0, 0.1) is 11.5 Å². The fourth-order valence-electron chi connectivity index (χ4n) is 2.03. The van der Waals surface area contributed by atoms with E-state index in [9.17, 15) is 10.2 Å². The van der Waals surface area contributed by atoms with Crippen LogP contribution in [0.1, 0.15) is 11.8 Å². The molecule has 9 nitrogen and oxygen atoms in total. The van der Waals surface area contributed by atoms with Crippen LogP contribution in [0.4, 0.5) is 0 Å². The first-order valence-electron chi connectivity index (χ1n) is 6.03. The van der Waals surface area contributed by atoms with Crippen LogP contribution in [0.5, 0.6) is 0 Å². The summed E-state index contributed by atoms with van der Waals surface area (Å²) in [5.41, 5.74) is 0.596. The van der Waals surface area contributed by atoms with E-state index in [-0.39, 0.29) is 12.5 Å². The van der Waals surface area contributed by atoms with Gasteiger partial charge in [-0.2, -0.15) is 5.26 Å². The lowest BCUT2D eigenvalue weighted by Gasteiger charge is -2.16. The highest BCUT2D eigenvalue weighted by atomic mass is 16.5. The molecule has 1 aliphatic heterocycles. The summed E-state index contributed by atoms with van der Waals surface area (Å²) >= 11 is 0. The Kier molecular flexibility index (Phi) is 4.52. The second-order valence-corrected chi connectivity index (χ2v) is 4.27. The number of aliphatic hydroxyl groups excluding tert-OH is 2. The molecule has 0 amide bonds. The number of aromatic amines is 1. The number of nitrogens with zero attached hydrogens (tertiary/aromatic N) is 3. The van der Waals surface area contributed by atoms with Gasteiger partial charge in [0.2, 0.25) is 5.96 Å². The third kappa shape index (κ3) is 2.88. The van der Waals surface area contributed by atoms with E-state index in [0.717, 1.165) is 0 Å². The van der Waals surface area contributed by atoms with Crippen molar-refractivity contribution in [2.45, 2.75) is 24.4 Å². The van der Waals surface area contributed by atoms with E-state index in [4.69, 9.17) is 10.00 Å². The summed E-state index contributed by atoms with van der Waals surface area (Å²) in [6.45, 7) is 0.199. The summed E-state index contributed by atoms with van der Waals surface area (Å²) < 4.78 is 5.60. The molecule has 108 valence electrons. The Bertz CT molecular complexity index is 497. The van der Waals surface area contributed by atoms with Crippen molar-refractivity contribution in [3.63, 3.8) is 0 Å². The quantitative estimate of drug-likeness (QED) is 0.191. The summed E-state index contributed by atoms with van der Waals surface area (Å²) in [6, 6.07) is 0. The smallest absolute Gasteiger partial charge is 0.204 e. The van der Waals surface area contributed by atoms with Gasteiger partial charge in [-0.15, -0.1) is 0 Å². The van der Waals surface area contributed by atoms with Crippen molar-refractivity contribution in [3.8, 4) is 6.19 Å². The molecule has 0 spiro atoms. The van der Waals surface area contributed by atoms with Crippen LogP contribution in [-0.2, 0) is 4.74 Å². The number of rotatable bonds is 3. The minimum absolute atomic E-state index is 0.199. The molecule has 0 aliphatic carbocycles. The van der Waals surface area contributed by atoms with Crippen molar-refractivity contribution < 1.29 is 14.9 Å². The summed E-state index contributed by atoms with van der Waals surface area (Å²) in [5, 5.41) is 33.6. The lowest BCUT2D eigenvalue weighted by atomic mass is 10.1. The van der Waals surface area contributed by atoms with Gasteiger partial charge in [-0.25, -0.2) is 4.98 Å². The highest BCUT2D eigenvalue weighted by Crippen LogP contribution is 2.31. The van der Waals surface area contributed by atoms with Crippen LogP contribution < -0.4 is 10.6 Å². The minimum atomic E-state index is -1.05. The Morgan fingerprint density at radius 3 is 3.00 bits per heavy atom. The molecule has 1 aromatic rings. The van der Waals surface area contributed by atoms with Crippen LogP contribution in [0.15, 0.2) is 17.5 Å². The standard InChI is InChI=1S/C11H16N6O3/c1-13-11(16-4-12)15-3-7-8(18)9(19)10(20-7)6-2-14-5-17-6/h2,5,7-10,18-19H,3H2,1H3,(H,14,17)(H2,13,15,16)/t7-,8-,9+,10-/m0/s1. The van der Waals surface area contributed by atoms with Gasteiger partial charge in [-0.05, 0) is 0 Å². The maximum Gasteiger partial charge on any atom is 0.204 e. The van der Waals surface area contributed by atoms with Gasteiger partial charge in [0.05, 0.1) is 18.2 Å². The van der Waals surface area contributed by atoms with Gasteiger partial charge in [0, 0.05) is 13.6 Å². The van der Waals surface area contributed by atoms with Crippen LogP contribution in [0.3, 0.4) is 0 Å². The maximum atomic E-state index is 9.98. The zero-order valence-electron chi connectivity index (χ0n) is 10.8. The third-order valence-corrected chi connectivity index (χ3v) is 3.06. The highest BCUT2D eigenvalue weighted by Gasteiger charge is 2.43. The molecular weight excluding hydrogens is 264 g/mol. The zero-order chi connectivity index (χ0) is 14.5. The number of hydrogen-bond donors (Lipinski definition) is 5. The van der Waals surface area contributed by atoms with E-state index >= 15 is 0 Å². The SMILES string of the molecule is CN=C(NC#N)NC[C@@H]1O[C@@H](c2cnc[nH]2)[C@H](O)[C@H]1O. The molecule has 0 saturated carbocycles. The first-order valence-corrected chi connectivity index (χ1v) is 6.03. The molecule has 9 heteroatoms. The van der Waals surface area contributed by atoms with Crippen LogP contribution >= 0.6 is 0 Å². The fraction of sp³-hybridized carbons (Fsp3) is 0.545.